The molecule has 39 heavy (non-hydrogen) atoms. The maximum Gasteiger partial charge on any atom is 0.224 e. The zero-order valence-electron chi connectivity index (χ0n) is 25.2. The molecule has 7 heteroatoms. The molecule has 0 aromatic carbocycles. The summed E-state index contributed by atoms with van der Waals surface area (Å²) in [4.78, 5) is 27.1. The number of rotatable bonds is 8. The molecule has 0 fully saturated rings. The van der Waals surface area contributed by atoms with Gasteiger partial charge in [0, 0.05) is 29.2 Å². The van der Waals surface area contributed by atoms with Crippen molar-refractivity contribution in [1.82, 2.24) is 15.0 Å². The van der Waals surface area contributed by atoms with Gasteiger partial charge in [0.1, 0.15) is 11.6 Å². The summed E-state index contributed by atoms with van der Waals surface area (Å²) in [5, 5.41) is 4.52. The second-order valence-corrected chi connectivity index (χ2v) is 11.9. The molecule has 2 aliphatic rings. The molecule has 2 aromatic heterocycles. The highest BCUT2D eigenvalue weighted by Gasteiger charge is 2.44. The fraction of sp³-hybridized carbons (Fsp3) is 0.562. The molecule has 4 rings (SSSR count). The molecule has 2 aromatic rings. The molecule has 5 nitrogen and oxygen atoms in total. The minimum atomic E-state index is 0.00590. The van der Waals surface area contributed by atoms with Gasteiger partial charge in [-0.05, 0) is 94.9 Å². The molecule has 2 aliphatic carbocycles. The number of allylic oxidation sites excluding steroid dienone is 4. The number of aryl methyl sites for hydroxylation is 1. The molecule has 0 saturated heterocycles. The summed E-state index contributed by atoms with van der Waals surface area (Å²) in [6.45, 7) is 19.8. The molecular weight excluding hydrogens is 523 g/mol. The highest BCUT2D eigenvalue weighted by atomic mass is 35.5. The number of fused-ring (bicyclic) bond motifs is 2. The number of nitrogens with one attached hydrogen (secondary N) is 1. The third-order valence-corrected chi connectivity index (χ3v) is 9.80. The Labute approximate surface area is 243 Å². The van der Waals surface area contributed by atoms with Crippen molar-refractivity contribution in [1.29, 1.82) is 0 Å². The Morgan fingerprint density at radius 3 is 2.41 bits per heavy atom. The Morgan fingerprint density at radius 1 is 1.15 bits per heavy atom. The van der Waals surface area contributed by atoms with Crippen LogP contribution in [0.25, 0.3) is 5.57 Å². The molecular formula is C32H46ClN4OP. The Morgan fingerprint density at radius 2 is 1.82 bits per heavy atom. The smallest absolute Gasteiger partial charge is 0.224 e. The molecule has 0 aliphatic heterocycles. The van der Waals surface area contributed by atoms with Crippen LogP contribution in [0.5, 0.6) is 0 Å². The van der Waals surface area contributed by atoms with Crippen LogP contribution in [0.3, 0.4) is 0 Å². The summed E-state index contributed by atoms with van der Waals surface area (Å²) >= 11 is 6.02. The number of carbonyl (C=O) groups excluding carboxylic acids is 1. The number of pyridine rings is 1. The van der Waals surface area contributed by atoms with E-state index in [0.29, 0.717) is 11.6 Å². The van der Waals surface area contributed by atoms with Crippen LogP contribution in [0.4, 0.5) is 11.6 Å². The van der Waals surface area contributed by atoms with Crippen molar-refractivity contribution in [2.24, 2.45) is 23.2 Å². The van der Waals surface area contributed by atoms with Gasteiger partial charge in [-0.2, -0.15) is 0 Å². The first-order chi connectivity index (χ1) is 18.6. The van der Waals surface area contributed by atoms with Gasteiger partial charge >= 0.3 is 0 Å². The number of nitrogens with zero attached hydrogens (tertiary/aromatic N) is 3. The second kappa shape index (κ2) is 13.0. The zero-order valence-corrected chi connectivity index (χ0v) is 27.1. The average Bonchev–Trinajstić information content (AvgIpc) is 2.95. The SMILES string of the molecule is CC.CCC(C)C(=O)C1=C(C(C)(CC)CC)C(C)C(C)C2=C1CCc1cnc(Nc3ccnc(Cl)n3)c(P)c12. The largest absolute Gasteiger partial charge is 0.324 e. The van der Waals surface area contributed by atoms with E-state index in [1.54, 1.807) is 12.3 Å². The fourth-order valence-corrected chi connectivity index (χ4v) is 6.73. The Balaban J connectivity index is 0.00000205. The van der Waals surface area contributed by atoms with E-state index in [1.165, 1.54) is 27.8 Å². The summed E-state index contributed by atoms with van der Waals surface area (Å²) < 4.78 is 0. The van der Waals surface area contributed by atoms with Gasteiger partial charge < -0.3 is 5.32 Å². The van der Waals surface area contributed by atoms with Crippen LogP contribution in [0, 0.1) is 23.2 Å². The lowest BCUT2D eigenvalue weighted by molar-refractivity contribution is -0.118. The number of Topliss-reactive ketones (excluding diaryl/α,β-unsaturated/α-hetero) is 1. The molecule has 0 radical (unpaired) electrons. The maximum atomic E-state index is 14.1. The first-order valence-corrected chi connectivity index (χ1v) is 15.6. The third-order valence-electron chi connectivity index (χ3n) is 9.06. The third kappa shape index (κ3) is 5.86. The number of hydrogen-bond acceptors (Lipinski definition) is 5. The van der Waals surface area contributed by atoms with Crippen LogP contribution >= 0.6 is 20.8 Å². The second-order valence-electron chi connectivity index (χ2n) is 11.0. The number of halogens is 1. The number of hydrogen-bond donors (Lipinski definition) is 1. The van der Waals surface area contributed by atoms with Gasteiger partial charge in [0.05, 0.1) is 0 Å². The van der Waals surface area contributed by atoms with Crippen LogP contribution in [-0.2, 0) is 11.2 Å². The first-order valence-electron chi connectivity index (χ1n) is 14.6. The van der Waals surface area contributed by atoms with E-state index < -0.39 is 0 Å². The van der Waals surface area contributed by atoms with Crippen LogP contribution < -0.4 is 10.6 Å². The van der Waals surface area contributed by atoms with Crippen molar-refractivity contribution in [3.63, 3.8) is 0 Å². The van der Waals surface area contributed by atoms with Gasteiger partial charge in [0.25, 0.3) is 0 Å². The molecule has 212 valence electrons. The highest BCUT2D eigenvalue weighted by molar-refractivity contribution is 7.28. The van der Waals surface area contributed by atoms with Crippen molar-refractivity contribution in [2.75, 3.05) is 5.32 Å². The molecule has 0 amide bonds. The minimum absolute atomic E-state index is 0.00590. The van der Waals surface area contributed by atoms with E-state index in [0.717, 1.165) is 48.8 Å². The van der Waals surface area contributed by atoms with E-state index >= 15 is 0 Å². The lowest BCUT2D eigenvalue weighted by Crippen LogP contribution is -2.36. The van der Waals surface area contributed by atoms with E-state index in [4.69, 9.17) is 16.6 Å². The van der Waals surface area contributed by atoms with Crippen molar-refractivity contribution in [2.45, 2.75) is 94.4 Å². The van der Waals surface area contributed by atoms with Gasteiger partial charge in [-0.15, -0.1) is 9.24 Å². The summed E-state index contributed by atoms with van der Waals surface area (Å²) in [6, 6.07) is 1.78. The molecule has 4 unspecified atom stereocenters. The van der Waals surface area contributed by atoms with Crippen LogP contribution in [0.1, 0.15) is 99.1 Å². The van der Waals surface area contributed by atoms with E-state index in [9.17, 15) is 4.79 Å². The Kier molecular flexibility index (Phi) is 10.5. The summed E-state index contributed by atoms with van der Waals surface area (Å²) in [6.07, 6.45) is 8.27. The normalized spacial score (nSPS) is 19.6. The zero-order chi connectivity index (χ0) is 29.1. The number of aromatic nitrogens is 3. The van der Waals surface area contributed by atoms with Crippen LogP contribution in [0.15, 0.2) is 35.2 Å². The number of carbonyl (C=O) groups is 1. The summed E-state index contributed by atoms with van der Waals surface area (Å²) in [7, 11) is 2.91. The topological polar surface area (TPSA) is 67.8 Å². The molecule has 0 saturated carbocycles. The lowest BCUT2D eigenvalue weighted by atomic mass is 9.59. The molecule has 4 atom stereocenters. The lowest BCUT2D eigenvalue weighted by Gasteiger charge is -2.45. The molecule has 0 spiro atoms. The predicted molar refractivity (Wildman–Crippen MR) is 169 cm³/mol. The van der Waals surface area contributed by atoms with Gasteiger partial charge in [-0.25, -0.2) is 15.0 Å². The van der Waals surface area contributed by atoms with Crippen molar-refractivity contribution < 1.29 is 4.79 Å². The molecule has 0 bridgehead atoms. The maximum absolute atomic E-state index is 14.1. The number of ketones is 1. The summed E-state index contributed by atoms with van der Waals surface area (Å²) in [5.74, 6) is 2.21. The van der Waals surface area contributed by atoms with Gasteiger partial charge in [-0.1, -0.05) is 62.3 Å². The van der Waals surface area contributed by atoms with Crippen molar-refractivity contribution >= 4 is 49.1 Å². The van der Waals surface area contributed by atoms with Crippen LogP contribution in [-0.4, -0.2) is 20.7 Å². The Bertz CT molecular complexity index is 1280. The van der Waals surface area contributed by atoms with Gasteiger partial charge in [0.2, 0.25) is 5.28 Å². The summed E-state index contributed by atoms with van der Waals surface area (Å²) in [5.41, 5.74) is 7.45. The van der Waals surface area contributed by atoms with Crippen molar-refractivity contribution in [3.8, 4) is 0 Å². The minimum Gasteiger partial charge on any atom is -0.324 e. The number of anilines is 2. The average molecular weight is 569 g/mol. The van der Waals surface area contributed by atoms with Crippen LogP contribution in [0.2, 0.25) is 5.28 Å². The first kappa shape index (κ1) is 31.4. The van der Waals surface area contributed by atoms with Gasteiger partial charge in [0.15, 0.2) is 5.78 Å². The quantitative estimate of drug-likeness (QED) is 0.255. The highest BCUT2D eigenvalue weighted by Crippen LogP contribution is 2.54. The van der Waals surface area contributed by atoms with E-state index in [-0.39, 0.29) is 28.5 Å². The molecule has 2 heterocycles. The fourth-order valence-electron chi connectivity index (χ4n) is 6.09. The van der Waals surface area contributed by atoms with Gasteiger partial charge in [-0.3, -0.25) is 4.79 Å². The van der Waals surface area contributed by atoms with Crippen molar-refractivity contribution in [3.05, 3.63) is 51.6 Å². The monoisotopic (exact) mass is 568 g/mol. The van der Waals surface area contributed by atoms with E-state index in [2.05, 4.69) is 73.0 Å². The Hall–Kier alpha value is -2.10. The predicted octanol–water partition coefficient (Wildman–Crippen LogP) is 8.52. The standard InChI is InChI=1S/C30H40ClN4OP.C2H6/c1-8-16(4)26(36)24-20-12-11-19-15-33-28(34-21-13-14-32-29(31)35-21)27(37)23(19)22(20)17(5)18(6)25(24)30(7,9-2)10-3;1-2/h13-18H,8-12,37H2,1-7H3,(H,32,33,34,35);1-2H3. The van der Waals surface area contributed by atoms with E-state index in [1.807, 2.05) is 20.0 Å². The molecule has 1 N–H and O–H groups in total.